The van der Waals surface area contributed by atoms with E-state index in [1.807, 2.05) is 11.4 Å². The Kier molecular flexibility index (Phi) is 6.13. The van der Waals surface area contributed by atoms with Crippen molar-refractivity contribution in [3.8, 4) is 22.8 Å². The molecule has 1 N–H and O–H groups in total. The highest BCUT2D eigenvalue weighted by molar-refractivity contribution is 7.17. The summed E-state index contributed by atoms with van der Waals surface area (Å²) in [6.45, 7) is -0.220. The van der Waals surface area contributed by atoms with Gasteiger partial charge in [-0.2, -0.15) is 0 Å². The molecule has 0 unspecified atom stereocenters. The van der Waals surface area contributed by atoms with Crippen LogP contribution in [0.5, 0.6) is 11.5 Å². The highest BCUT2D eigenvalue weighted by Crippen LogP contribution is 2.34. The van der Waals surface area contributed by atoms with Gasteiger partial charge < -0.3 is 14.8 Å². The molecular weight excluding hydrogens is 431 g/mol. The molecule has 0 fully saturated rings. The molecular formula is C24H21FN2O4S. The highest BCUT2D eigenvalue weighted by atomic mass is 32.1. The Hall–Kier alpha value is -3.78. The fourth-order valence-corrected chi connectivity index (χ4v) is 4.26. The number of hydrogen-bond acceptors (Lipinski definition) is 6. The molecule has 0 aliphatic rings. The van der Waals surface area contributed by atoms with Crippen molar-refractivity contribution in [1.29, 1.82) is 0 Å². The van der Waals surface area contributed by atoms with Crippen LogP contribution in [0.2, 0.25) is 0 Å². The van der Waals surface area contributed by atoms with E-state index >= 15 is 0 Å². The Morgan fingerprint density at radius 3 is 2.62 bits per heavy atom. The summed E-state index contributed by atoms with van der Waals surface area (Å²) >= 11 is 1.29. The maximum absolute atomic E-state index is 14.0. The van der Waals surface area contributed by atoms with E-state index < -0.39 is 5.91 Å². The number of Topliss-reactive ketones (excluding diaryl/α,β-unsaturated/α-hetero) is 1. The second-order valence-corrected chi connectivity index (χ2v) is 7.73. The van der Waals surface area contributed by atoms with Gasteiger partial charge in [-0.25, -0.2) is 9.37 Å². The van der Waals surface area contributed by atoms with Gasteiger partial charge in [-0.15, -0.1) is 11.3 Å². The fraction of sp³-hybridized carbons (Fsp3) is 0.125. The lowest BCUT2D eigenvalue weighted by molar-refractivity contribution is 0.0902. The molecule has 2 heterocycles. The van der Waals surface area contributed by atoms with Crippen LogP contribution in [0.4, 0.5) is 4.39 Å². The molecule has 6 nitrogen and oxygen atoms in total. The SMILES string of the molecule is COc1ccc(C(=O)NCC(=O)c2cccc(-c3csc4c(F)cccc34)n2)cc1OC.[HH]. The van der Waals surface area contributed by atoms with E-state index in [1.165, 1.54) is 31.6 Å². The normalized spacial score (nSPS) is 10.7. The van der Waals surface area contributed by atoms with Gasteiger partial charge in [0.25, 0.3) is 5.91 Å². The first kappa shape index (κ1) is 21.5. The molecule has 0 atom stereocenters. The van der Waals surface area contributed by atoms with Crippen LogP contribution in [-0.4, -0.2) is 37.4 Å². The predicted molar refractivity (Wildman–Crippen MR) is 123 cm³/mol. The summed E-state index contributed by atoms with van der Waals surface area (Å²) in [5, 5.41) is 5.17. The molecule has 32 heavy (non-hydrogen) atoms. The van der Waals surface area contributed by atoms with Crippen LogP contribution in [-0.2, 0) is 0 Å². The number of carbonyl (C=O) groups excluding carboxylic acids is 2. The zero-order valence-electron chi connectivity index (χ0n) is 17.3. The number of fused-ring (bicyclic) bond motifs is 1. The van der Waals surface area contributed by atoms with Gasteiger partial charge in [0.05, 0.1) is 31.2 Å². The predicted octanol–water partition coefficient (Wildman–Crippen LogP) is 4.98. The Labute approximate surface area is 189 Å². The Morgan fingerprint density at radius 1 is 1.06 bits per heavy atom. The van der Waals surface area contributed by atoms with E-state index in [0.717, 1.165) is 10.9 Å². The molecule has 0 aliphatic heterocycles. The lowest BCUT2D eigenvalue weighted by Gasteiger charge is -2.10. The van der Waals surface area contributed by atoms with Gasteiger partial charge in [0.2, 0.25) is 0 Å². The van der Waals surface area contributed by atoms with Crippen molar-refractivity contribution in [3.05, 3.63) is 77.1 Å². The van der Waals surface area contributed by atoms with E-state index in [1.54, 1.807) is 42.5 Å². The van der Waals surface area contributed by atoms with Crippen LogP contribution < -0.4 is 14.8 Å². The summed E-state index contributed by atoms with van der Waals surface area (Å²) in [5.41, 5.74) is 1.88. The van der Waals surface area contributed by atoms with Crippen molar-refractivity contribution in [2.75, 3.05) is 20.8 Å². The monoisotopic (exact) mass is 452 g/mol. The largest absolute Gasteiger partial charge is 0.493 e. The second-order valence-electron chi connectivity index (χ2n) is 6.85. The lowest BCUT2D eigenvalue weighted by atomic mass is 10.1. The Morgan fingerprint density at radius 2 is 1.84 bits per heavy atom. The number of amides is 1. The van der Waals surface area contributed by atoms with Crippen molar-refractivity contribution in [3.63, 3.8) is 0 Å². The lowest BCUT2D eigenvalue weighted by Crippen LogP contribution is -2.30. The number of ketones is 1. The van der Waals surface area contributed by atoms with E-state index in [-0.39, 0.29) is 25.3 Å². The minimum atomic E-state index is -0.422. The summed E-state index contributed by atoms with van der Waals surface area (Å²) in [4.78, 5) is 29.6. The van der Waals surface area contributed by atoms with Crippen molar-refractivity contribution in [2.24, 2.45) is 0 Å². The second kappa shape index (κ2) is 9.15. The maximum Gasteiger partial charge on any atom is 0.251 e. The number of ether oxygens (including phenoxy) is 2. The molecule has 0 bridgehead atoms. The van der Waals surface area contributed by atoms with E-state index in [4.69, 9.17) is 9.47 Å². The van der Waals surface area contributed by atoms with Crippen molar-refractivity contribution < 1.29 is 24.9 Å². The first-order valence-corrected chi connectivity index (χ1v) is 10.6. The van der Waals surface area contributed by atoms with Crippen LogP contribution in [0.25, 0.3) is 21.3 Å². The van der Waals surface area contributed by atoms with Gasteiger partial charge in [-0.1, -0.05) is 18.2 Å². The Balaban J connectivity index is 0.00000306. The van der Waals surface area contributed by atoms with Crippen LogP contribution in [0.3, 0.4) is 0 Å². The zero-order valence-corrected chi connectivity index (χ0v) is 18.2. The average molecular weight is 453 g/mol. The van der Waals surface area contributed by atoms with Crippen LogP contribution >= 0.6 is 11.3 Å². The molecule has 0 saturated heterocycles. The average Bonchev–Trinajstić information content (AvgIpc) is 3.27. The van der Waals surface area contributed by atoms with Gasteiger partial charge >= 0.3 is 0 Å². The first-order valence-electron chi connectivity index (χ1n) is 9.68. The molecule has 4 rings (SSSR count). The van der Waals surface area contributed by atoms with Crippen molar-refractivity contribution in [2.45, 2.75) is 0 Å². The number of hydrogen-bond donors (Lipinski definition) is 1. The summed E-state index contributed by atoms with van der Waals surface area (Å²) in [7, 11) is 2.99. The van der Waals surface area contributed by atoms with Crippen LogP contribution in [0.15, 0.2) is 60.0 Å². The number of rotatable bonds is 7. The third-order valence-corrected chi connectivity index (χ3v) is 5.92. The van der Waals surface area contributed by atoms with Gasteiger partial charge in [0.15, 0.2) is 17.3 Å². The number of nitrogens with zero attached hydrogens (tertiary/aromatic N) is 1. The minimum absolute atomic E-state index is 0. The molecule has 164 valence electrons. The maximum atomic E-state index is 14.0. The third kappa shape index (κ3) is 4.17. The molecule has 0 radical (unpaired) electrons. The van der Waals surface area contributed by atoms with Gasteiger partial charge in [-0.05, 0) is 36.4 Å². The highest BCUT2D eigenvalue weighted by Gasteiger charge is 2.16. The van der Waals surface area contributed by atoms with E-state index in [9.17, 15) is 14.0 Å². The standard InChI is InChI=1S/C24H19FN2O4S.H2/c1-30-21-10-9-14(11-22(21)31-2)24(29)26-12-20(28)19-8-4-7-18(27-19)16-13-32-23-15(16)5-3-6-17(23)25;/h3-11,13H,12H2,1-2H3,(H,26,29);1H. The summed E-state index contributed by atoms with van der Waals surface area (Å²) in [5.74, 6) is -0.132. The number of benzene rings is 2. The molecule has 0 saturated carbocycles. The van der Waals surface area contributed by atoms with Gasteiger partial charge in [0.1, 0.15) is 11.5 Å². The summed E-state index contributed by atoms with van der Waals surface area (Å²) < 4.78 is 24.9. The molecule has 1 amide bonds. The smallest absolute Gasteiger partial charge is 0.251 e. The van der Waals surface area contributed by atoms with Gasteiger partial charge in [-0.3, -0.25) is 9.59 Å². The van der Waals surface area contributed by atoms with Crippen molar-refractivity contribution in [1.82, 2.24) is 10.3 Å². The van der Waals surface area contributed by atoms with E-state index in [2.05, 4.69) is 10.3 Å². The van der Waals surface area contributed by atoms with Crippen LogP contribution in [0, 0.1) is 5.82 Å². The number of pyridine rings is 1. The molecule has 2 aromatic heterocycles. The molecule has 0 aliphatic carbocycles. The quantitative estimate of drug-likeness (QED) is 0.400. The Bertz CT molecular complexity index is 1330. The molecule has 8 heteroatoms. The number of aromatic nitrogens is 1. The molecule has 2 aromatic carbocycles. The minimum Gasteiger partial charge on any atom is -0.493 e. The molecule has 0 spiro atoms. The number of thiophene rings is 1. The molecule has 4 aromatic rings. The van der Waals surface area contributed by atoms with Gasteiger partial charge in [0, 0.05) is 23.3 Å². The summed E-state index contributed by atoms with van der Waals surface area (Å²) in [6.07, 6.45) is 0. The van der Waals surface area contributed by atoms with Crippen molar-refractivity contribution >= 4 is 33.1 Å². The van der Waals surface area contributed by atoms with Crippen LogP contribution in [0.1, 0.15) is 22.3 Å². The summed E-state index contributed by atoms with van der Waals surface area (Å²) in [6, 6.07) is 14.7. The third-order valence-electron chi connectivity index (χ3n) is 4.92. The first-order chi connectivity index (χ1) is 15.5. The number of halogens is 1. The number of nitrogens with one attached hydrogen (secondary N) is 1. The fourth-order valence-electron chi connectivity index (χ4n) is 3.29. The topological polar surface area (TPSA) is 77.5 Å². The number of methoxy groups -OCH3 is 2. The number of carbonyl (C=O) groups is 2. The zero-order chi connectivity index (χ0) is 22.7. The van der Waals surface area contributed by atoms with E-state index in [0.29, 0.717) is 27.5 Å².